The lowest BCUT2D eigenvalue weighted by molar-refractivity contribution is -0.137. The number of nitrogens with one attached hydrogen (secondary N) is 1. The average Bonchev–Trinajstić information content (AvgIpc) is 3.04. The van der Waals surface area contributed by atoms with Crippen molar-refractivity contribution in [2.45, 2.75) is 19.4 Å². The lowest BCUT2D eigenvalue weighted by atomic mass is 10.2. The largest absolute Gasteiger partial charge is 0.481 e. The zero-order chi connectivity index (χ0) is 13.9. The molecule has 0 spiro atoms. The van der Waals surface area contributed by atoms with Crippen LogP contribution in [0.5, 0.6) is 0 Å². The molecule has 2 aromatic heterocycles. The Morgan fingerprint density at radius 2 is 2.20 bits per heavy atom. The number of rotatable bonds is 5. The third-order valence-electron chi connectivity index (χ3n) is 2.97. The van der Waals surface area contributed by atoms with Crippen LogP contribution in [0, 0.1) is 0 Å². The molecule has 0 saturated carbocycles. The smallest absolute Gasteiger partial charge is 0.303 e. The number of H-pyrrole nitrogens is 1. The molecule has 0 unspecified atom stereocenters. The van der Waals surface area contributed by atoms with Gasteiger partial charge in [-0.05, 0) is 22.9 Å². The first-order chi connectivity index (χ1) is 9.75. The van der Waals surface area contributed by atoms with Gasteiger partial charge in [-0.3, -0.25) is 9.89 Å². The number of tetrazole rings is 1. The standard InChI is InChI=1S/C12H12N6O2/c19-10(20)6-3-7-18-12(15-16-17-18)11-8-4-1-2-5-9(8)13-14-11/h1-2,4-5H,3,6-7H2,(H,13,14)(H,19,20). The number of aromatic nitrogens is 6. The third-order valence-corrected chi connectivity index (χ3v) is 2.97. The maximum Gasteiger partial charge on any atom is 0.303 e. The van der Waals surface area contributed by atoms with E-state index < -0.39 is 5.97 Å². The summed E-state index contributed by atoms with van der Waals surface area (Å²) in [6, 6.07) is 7.69. The van der Waals surface area contributed by atoms with E-state index in [0.29, 0.717) is 24.5 Å². The van der Waals surface area contributed by atoms with E-state index in [1.165, 1.54) is 0 Å². The Kier molecular flexibility index (Phi) is 3.12. The van der Waals surface area contributed by atoms with Gasteiger partial charge in [0.2, 0.25) is 5.82 Å². The van der Waals surface area contributed by atoms with Crippen molar-refractivity contribution in [1.82, 2.24) is 30.4 Å². The van der Waals surface area contributed by atoms with Gasteiger partial charge in [-0.25, -0.2) is 4.68 Å². The molecule has 0 bridgehead atoms. The van der Waals surface area contributed by atoms with Crippen LogP contribution in [-0.4, -0.2) is 41.5 Å². The summed E-state index contributed by atoms with van der Waals surface area (Å²) >= 11 is 0. The van der Waals surface area contributed by atoms with Crippen LogP contribution in [-0.2, 0) is 11.3 Å². The summed E-state index contributed by atoms with van der Waals surface area (Å²) in [4.78, 5) is 10.5. The lowest BCUT2D eigenvalue weighted by Gasteiger charge is -2.01. The first-order valence-corrected chi connectivity index (χ1v) is 6.17. The highest BCUT2D eigenvalue weighted by atomic mass is 16.4. The zero-order valence-corrected chi connectivity index (χ0v) is 10.5. The van der Waals surface area contributed by atoms with Crippen molar-refractivity contribution in [1.29, 1.82) is 0 Å². The number of carboxylic acid groups (broad SMARTS) is 1. The number of hydrogen-bond acceptors (Lipinski definition) is 5. The van der Waals surface area contributed by atoms with Crippen LogP contribution in [0.1, 0.15) is 12.8 Å². The molecule has 3 aromatic rings. The molecule has 20 heavy (non-hydrogen) atoms. The molecule has 2 heterocycles. The Morgan fingerprint density at radius 1 is 1.35 bits per heavy atom. The van der Waals surface area contributed by atoms with E-state index in [9.17, 15) is 4.79 Å². The third kappa shape index (κ3) is 2.22. The number of fused-ring (bicyclic) bond motifs is 1. The predicted molar refractivity (Wildman–Crippen MR) is 69.8 cm³/mol. The molecule has 1 aromatic carbocycles. The van der Waals surface area contributed by atoms with Crippen LogP contribution in [0.3, 0.4) is 0 Å². The zero-order valence-electron chi connectivity index (χ0n) is 10.5. The molecule has 0 aliphatic heterocycles. The van der Waals surface area contributed by atoms with Crippen molar-refractivity contribution in [2.75, 3.05) is 0 Å². The SMILES string of the molecule is O=C(O)CCCn1nnnc1-c1n[nH]c2ccccc12. The first kappa shape index (κ1) is 12.3. The van der Waals surface area contributed by atoms with Crippen LogP contribution >= 0.6 is 0 Å². The van der Waals surface area contributed by atoms with Crippen molar-refractivity contribution < 1.29 is 9.90 Å². The van der Waals surface area contributed by atoms with Crippen LogP contribution in [0.4, 0.5) is 0 Å². The van der Waals surface area contributed by atoms with E-state index in [1.807, 2.05) is 24.3 Å². The average molecular weight is 272 g/mol. The molecule has 2 N–H and O–H groups in total. The summed E-state index contributed by atoms with van der Waals surface area (Å²) in [5.74, 6) is -0.294. The number of para-hydroxylation sites is 1. The van der Waals surface area contributed by atoms with Crippen molar-refractivity contribution in [2.24, 2.45) is 0 Å². The van der Waals surface area contributed by atoms with E-state index in [1.54, 1.807) is 4.68 Å². The molecule has 0 saturated heterocycles. The summed E-state index contributed by atoms with van der Waals surface area (Å²) < 4.78 is 1.57. The Hall–Kier alpha value is -2.77. The van der Waals surface area contributed by atoms with Crippen LogP contribution in [0.25, 0.3) is 22.4 Å². The maximum atomic E-state index is 10.5. The number of benzene rings is 1. The Morgan fingerprint density at radius 3 is 3.05 bits per heavy atom. The van der Waals surface area contributed by atoms with Gasteiger partial charge in [0.1, 0.15) is 5.69 Å². The number of aliphatic carboxylic acids is 1. The summed E-state index contributed by atoms with van der Waals surface area (Å²) in [6.45, 7) is 0.440. The fourth-order valence-corrected chi connectivity index (χ4v) is 2.04. The van der Waals surface area contributed by atoms with E-state index in [2.05, 4.69) is 25.7 Å². The quantitative estimate of drug-likeness (QED) is 0.719. The highest BCUT2D eigenvalue weighted by Gasteiger charge is 2.15. The molecule has 0 fully saturated rings. The van der Waals surface area contributed by atoms with Crippen molar-refractivity contribution in [3.8, 4) is 11.5 Å². The van der Waals surface area contributed by atoms with Crippen LogP contribution in [0.2, 0.25) is 0 Å². The normalized spacial score (nSPS) is 11.0. The van der Waals surface area contributed by atoms with Gasteiger partial charge < -0.3 is 5.11 Å². The molecule has 0 atom stereocenters. The number of aryl methyl sites for hydroxylation is 1. The Balaban J connectivity index is 1.91. The molecule has 8 heteroatoms. The maximum absolute atomic E-state index is 10.5. The second-order valence-corrected chi connectivity index (χ2v) is 4.34. The van der Waals surface area contributed by atoms with Crippen molar-refractivity contribution in [3.63, 3.8) is 0 Å². The Labute approximate surface area is 113 Å². The van der Waals surface area contributed by atoms with Crippen LogP contribution < -0.4 is 0 Å². The molecular formula is C12H12N6O2. The topological polar surface area (TPSA) is 110 Å². The fourth-order valence-electron chi connectivity index (χ4n) is 2.04. The van der Waals surface area contributed by atoms with E-state index in [-0.39, 0.29) is 6.42 Å². The van der Waals surface area contributed by atoms with E-state index in [4.69, 9.17) is 5.11 Å². The molecule has 0 aliphatic rings. The van der Waals surface area contributed by atoms with Gasteiger partial charge >= 0.3 is 5.97 Å². The van der Waals surface area contributed by atoms with E-state index >= 15 is 0 Å². The summed E-state index contributed by atoms with van der Waals surface area (Å²) in [5, 5.41) is 28.3. The van der Waals surface area contributed by atoms with E-state index in [0.717, 1.165) is 10.9 Å². The minimum atomic E-state index is -0.829. The second kappa shape index (κ2) is 5.08. The molecule has 0 aliphatic carbocycles. The molecule has 0 radical (unpaired) electrons. The van der Waals surface area contributed by atoms with Crippen molar-refractivity contribution in [3.05, 3.63) is 24.3 Å². The predicted octanol–water partition coefficient (Wildman–Crippen LogP) is 1.08. The highest BCUT2D eigenvalue weighted by Crippen LogP contribution is 2.23. The number of nitrogens with zero attached hydrogens (tertiary/aromatic N) is 5. The lowest BCUT2D eigenvalue weighted by Crippen LogP contribution is -2.05. The van der Waals surface area contributed by atoms with Gasteiger partial charge in [0.25, 0.3) is 0 Å². The van der Waals surface area contributed by atoms with Gasteiger partial charge in [-0.15, -0.1) is 5.10 Å². The molecule has 0 amide bonds. The van der Waals surface area contributed by atoms with Gasteiger partial charge in [0.05, 0.1) is 5.52 Å². The summed E-state index contributed by atoms with van der Waals surface area (Å²) in [7, 11) is 0. The molecule has 3 rings (SSSR count). The van der Waals surface area contributed by atoms with Crippen LogP contribution in [0.15, 0.2) is 24.3 Å². The number of carboxylic acids is 1. The number of aromatic amines is 1. The monoisotopic (exact) mass is 272 g/mol. The minimum Gasteiger partial charge on any atom is -0.481 e. The van der Waals surface area contributed by atoms with Gasteiger partial charge in [-0.1, -0.05) is 18.2 Å². The summed E-state index contributed by atoms with van der Waals surface area (Å²) in [6.07, 6.45) is 0.552. The summed E-state index contributed by atoms with van der Waals surface area (Å²) in [5.41, 5.74) is 1.57. The Bertz CT molecular complexity index is 747. The fraction of sp³-hybridized carbons (Fsp3) is 0.250. The van der Waals surface area contributed by atoms with Gasteiger partial charge in [0, 0.05) is 18.4 Å². The van der Waals surface area contributed by atoms with Gasteiger partial charge in [0.15, 0.2) is 0 Å². The minimum absolute atomic E-state index is 0.0839. The number of carbonyl (C=O) groups is 1. The molecular weight excluding hydrogens is 260 g/mol. The van der Waals surface area contributed by atoms with Gasteiger partial charge in [-0.2, -0.15) is 5.10 Å². The second-order valence-electron chi connectivity index (χ2n) is 4.34. The highest BCUT2D eigenvalue weighted by molar-refractivity contribution is 5.90. The number of hydrogen-bond donors (Lipinski definition) is 2. The molecule has 102 valence electrons. The first-order valence-electron chi connectivity index (χ1n) is 6.17. The molecule has 8 nitrogen and oxygen atoms in total. The van der Waals surface area contributed by atoms with Crippen molar-refractivity contribution >= 4 is 16.9 Å².